The number of hydrogen-bond donors (Lipinski definition) is 2. The van der Waals surface area contributed by atoms with Gasteiger partial charge >= 0.3 is 6.03 Å². The van der Waals surface area contributed by atoms with Crippen molar-refractivity contribution < 1.29 is 19.1 Å². The maximum absolute atomic E-state index is 14.3. The number of aromatic amines is 1. The lowest BCUT2D eigenvalue weighted by molar-refractivity contribution is -0.120. The molecule has 222 valence electrons. The van der Waals surface area contributed by atoms with Crippen molar-refractivity contribution in [2.45, 2.75) is 64.6 Å². The number of nitrogens with zero attached hydrogens (tertiary/aromatic N) is 2. The van der Waals surface area contributed by atoms with E-state index >= 15 is 0 Å². The smallest absolute Gasteiger partial charge is 0.332 e. The Balaban J connectivity index is 1.36. The molecule has 2 aliphatic rings. The first-order valence-corrected chi connectivity index (χ1v) is 15.1. The lowest BCUT2D eigenvalue weighted by Gasteiger charge is -2.36. The Kier molecular flexibility index (Phi) is 7.79. The minimum atomic E-state index is -0.696. The molecule has 2 atom stereocenters. The van der Waals surface area contributed by atoms with E-state index in [1.54, 1.807) is 29.2 Å². The summed E-state index contributed by atoms with van der Waals surface area (Å²) in [5.74, 6) is -0.286. The van der Waals surface area contributed by atoms with E-state index in [0.717, 1.165) is 27.7 Å². The van der Waals surface area contributed by atoms with Crippen LogP contribution in [0.25, 0.3) is 10.9 Å². The van der Waals surface area contributed by atoms with E-state index in [9.17, 15) is 14.4 Å². The largest absolute Gasteiger partial charge is 0.379 e. The molecule has 1 saturated heterocycles. The Labute approximate surface area is 252 Å². The number of carbonyl (C=O) groups excluding carboxylic acids is 3. The Morgan fingerprint density at radius 2 is 1.70 bits per heavy atom. The summed E-state index contributed by atoms with van der Waals surface area (Å²) in [6.45, 7) is 9.19. The van der Waals surface area contributed by atoms with Gasteiger partial charge in [0.25, 0.3) is 11.8 Å². The zero-order valence-corrected chi connectivity index (χ0v) is 25.1. The van der Waals surface area contributed by atoms with Crippen molar-refractivity contribution in [3.05, 3.63) is 101 Å². The number of aromatic nitrogens is 1. The summed E-state index contributed by atoms with van der Waals surface area (Å²) in [6.07, 6.45) is 1.18. The average Bonchev–Trinajstić information content (AvgIpc) is 3.49. The molecule has 0 spiro atoms. The Morgan fingerprint density at radius 1 is 0.977 bits per heavy atom. The monoisotopic (exact) mass is 578 g/mol. The molecule has 3 aromatic carbocycles. The van der Waals surface area contributed by atoms with E-state index in [-0.39, 0.29) is 23.5 Å². The summed E-state index contributed by atoms with van der Waals surface area (Å²) in [5.41, 5.74) is 5.67. The van der Waals surface area contributed by atoms with Crippen molar-refractivity contribution in [2.24, 2.45) is 0 Å². The summed E-state index contributed by atoms with van der Waals surface area (Å²) >= 11 is 0. The molecule has 43 heavy (non-hydrogen) atoms. The molecule has 0 aliphatic carbocycles. The van der Waals surface area contributed by atoms with Gasteiger partial charge in [-0.15, -0.1) is 0 Å². The van der Waals surface area contributed by atoms with E-state index in [2.05, 4.69) is 54.5 Å². The van der Waals surface area contributed by atoms with Crippen LogP contribution in [0.5, 0.6) is 0 Å². The second kappa shape index (κ2) is 11.7. The molecule has 0 bridgehead atoms. The molecule has 8 heteroatoms. The van der Waals surface area contributed by atoms with E-state index < -0.39 is 18.1 Å². The second-order valence-electron chi connectivity index (χ2n) is 11.9. The fourth-order valence-electron chi connectivity index (χ4n) is 6.25. The number of amides is 4. The quantitative estimate of drug-likeness (QED) is 0.180. The van der Waals surface area contributed by atoms with Crippen LogP contribution in [0.2, 0.25) is 0 Å². The lowest BCUT2D eigenvalue weighted by Crippen LogP contribution is -2.44. The Morgan fingerprint density at radius 3 is 2.44 bits per heavy atom. The van der Waals surface area contributed by atoms with Crippen LogP contribution in [0.15, 0.2) is 72.8 Å². The fraction of sp³-hybridized carbons (Fsp3) is 0.343. The van der Waals surface area contributed by atoms with Gasteiger partial charge in [0.15, 0.2) is 0 Å². The minimum Gasteiger partial charge on any atom is -0.379 e. The standard InChI is InChI=1S/C35H38N4O4/c1-21(2)23-14-16-24(17-15-23)32-31-27(25-10-5-7-12-28(25)37-31)20-30-34(41)39(35(42)38(30)32)29-13-8-6-11-26(29)33(40)36-18-9-19-43-22(3)4/h5-8,10-17,21-22,30,32,37H,9,18-20H2,1-4H3,(H,36,40)/t30-,32-/m0/s1. The summed E-state index contributed by atoms with van der Waals surface area (Å²) in [4.78, 5) is 48.3. The molecule has 2 aliphatic heterocycles. The van der Waals surface area contributed by atoms with Crippen LogP contribution in [0.3, 0.4) is 0 Å². The molecule has 4 aromatic rings. The number of para-hydroxylation sites is 2. The number of imide groups is 1. The zero-order valence-electron chi connectivity index (χ0n) is 25.1. The van der Waals surface area contributed by atoms with Crippen molar-refractivity contribution >= 4 is 34.4 Å². The number of H-pyrrole nitrogens is 1. The summed E-state index contributed by atoms with van der Waals surface area (Å²) < 4.78 is 5.57. The van der Waals surface area contributed by atoms with Crippen LogP contribution in [0.1, 0.15) is 78.8 Å². The first-order valence-electron chi connectivity index (χ1n) is 15.1. The molecule has 1 fully saturated rings. The maximum atomic E-state index is 14.3. The second-order valence-corrected chi connectivity index (χ2v) is 11.9. The molecule has 4 amide bonds. The Bertz CT molecular complexity index is 1670. The molecule has 0 saturated carbocycles. The van der Waals surface area contributed by atoms with Gasteiger partial charge in [-0.1, -0.05) is 68.4 Å². The van der Waals surface area contributed by atoms with Crippen molar-refractivity contribution in [3.8, 4) is 0 Å². The lowest BCUT2D eigenvalue weighted by atomic mass is 9.88. The predicted molar refractivity (Wildman–Crippen MR) is 167 cm³/mol. The molecule has 2 N–H and O–H groups in total. The number of benzene rings is 3. The van der Waals surface area contributed by atoms with Gasteiger partial charge in [-0.25, -0.2) is 9.69 Å². The third-order valence-corrected chi connectivity index (χ3v) is 8.42. The van der Waals surface area contributed by atoms with Crippen LogP contribution in [-0.2, 0) is 16.0 Å². The number of anilines is 1. The van der Waals surface area contributed by atoms with Crippen molar-refractivity contribution in [1.82, 2.24) is 15.2 Å². The van der Waals surface area contributed by atoms with Crippen LogP contribution in [-0.4, -0.2) is 53.0 Å². The molecule has 3 heterocycles. The minimum absolute atomic E-state index is 0.124. The highest BCUT2D eigenvalue weighted by atomic mass is 16.5. The van der Waals surface area contributed by atoms with Crippen molar-refractivity contribution in [1.29, 1.82) is 0 Å². The zero-order chi connectivity index (χ0) is 30.2. The van der Waals surface area contributed by atoms with Gasteiger partial charge in [-0.2, -0.15) is 0 Å². The summed E-state index contributed by atoms with van der Waals surface area (Å²) in [5, 5.41) is 3.98. The first kappa shape index (κ1) is 28.7. The number of hydrogen-bond acceptors (Lipinski definition) is 4. The molecule has 1 aromatic heterocycles. The number of carbonyl (C=O) groups is 3. The maximum Gasteiger partial charge on any atom is 0.332 e. The van der Waals surface area contributed by atoms with Gasteiger partial charge < -0.3 is 15.0 Å². The Hall–Kier alpha value is -4.43. The first-order chi connectivity index (χ1) is 20.8. The summed E-state index contributed by atoms with van der Waals surface area (Å²) in [6, 6.07) is 21.6. The third-order valence-electron chi connectivity index (χ3n) is 8.42. The van der Waals surface area contributed by atoms with E-state index in [1.165, 1.54) is 10.5 Å². The van der Waals surface area contributed by atoms with Gasteiger partial charge in [-0.3, -0.25) is 14.5 Å². The van der Waals surface area contributed by atoms with Gasteiger partial charge in [0.05, 0.1) is 17.4 Å². The predicted octanol–water partition coefficient (Wildman–Crippen LogP) is 6.32. The van der Waals surface area contributed by atoms with E-state index in [1.807, 2.05) is 32.0 Å². The molecule has 8 nitrogen and oxygen atoms in total. The van der Waals surface area contributed by atoms with Gasteiger partial charge in [0.1, 0.15) is 12.1 Å². The van der Waals surface area contributed by atoms with Crippen molar-refractivity contribution in [2.75, 3.05) is 18.1 Å². The number of rotatable bonds is 9. The third kappa shape index (κ3) is 5.20. The van der Waals surface area contributed by atoms with Crippen LogP contribution in [0, 0.1) is 0 Å². The highest BCUT2D eigenvalue weighted by Gasteiger charge is 2.53. The fourth-order valence-corrected chi connectivity index (χ4v) is 6.25. The van der Waals surface area contributed by atoms with E-state index in [0.29, 0.717) is 37.6 Å². The van der Waals surface area contributed by atoms with Gasteiger partial charge in [0, 0.05) is 36.2 Å². The molecular weight excluding hydrogens is 540 g/mol. The van der Waals surface area contributed by atoms with Crippen LogP contribution in [0.4, 0.5) is 10.5 Å². The molecule has 0 unspecified atom stereocenters. The van der Waals surface area contributed by atoms with Crippen LogP contribution >= 0.6 is 0 Å². The number of urea groups is 1. The van der Waals surface area contributed by atoms with Crippen LogP contribution < -0.4 is 10.2 Å². The number of ether oxygens (including phenoxy) is 1. The number of nitrogens with one attached hydrogen (secondary N) is 2. The van der Waals surface area contributed by atoms with E-state index in [4.69, 9.17) is 4.74 Å². The van der Waals surface area contributed by atoms with Gasteiger partial charge in [-0.05, 0) is 61.1 Å². The normalized spacial score (nSPS) is 18.1. The average molecular weight is 579 g/mol. The SMILES string of the molecule is CC(C)OCCCNC(=O)c1ccccc1N1C(=O)[C@@H]2Cc3c([nH]c4ccccc34)[C@H](c3ccc(C(C)C)cc3)N2C1=O. The number of fused-ring (bicyclic) bond motifs is 4. The molecular formula is C35H38N4O4. The van der Waals surface area contributed by atoms with Crippen molar-refractivity contribution in [3.63, 3.8) is 0 Å². The summed E-state index contributed by atoms with van der Waals surface area (Å²) in [7, 11) is 0. The van der Waals surface area contributed by atoms with Gasteiger partial charge in [0.2, 0.25) is 0 Å². The molecule has 0 radical (unpaired) electrons. The highest BCUT2D eigenvalue weighted by molar-refractivity contribution is 6.24. The highest BCUT2D eigenvalue weighted by Crippen LogP contribution is 2.45. The molecule has 6 rings (SSSR count). The topological polar surface area (TPSA) is 94.7 Å².